The highest BCUT2D eigenvalue weighted by Crippen LogP contribution is 2.21. The van der Waals surface area contributed by atoms with Gasteiger partial charge in [-0.15, -0.1) is 24.2 Å². The second-order valence-corrected chi connectivity index (χ2v) is 5.86. The number of rotatable bonds is 8. The van der Waals surface area contributed by atoms with Crippen molar-refractivity contribution in [3.05, 3.63) is 24.3 Å². The van der Waals surface area contributed by atoms with Crippen LogP contribution in [0.1, 0.15) is 26.7 Å². The molecular formula is C15H25ClN2O2S. The second-order valence-electron chi connectivity index (χ2n) is 4.81. The molecule has 0 aliphatic carbocycles. The third-order valence-corrected chi connectivity index (χ3v) is 4.49. The van der Waals surface area contributed by atoms with Gasteiger partial charge in [-0.3, -0.25) is 4.79 Å². The molecule has 0 aromatic heterocycles. The summed E-state index contributed by atoms with van der Waals surface area (Å²) in [6, 6.07) is 7.67. The average Bonchev–Trinajstić information content (AvgIpc) is 2.51. The van der Waals surface area contributed by atoms with Gasteiger partial charge in [-0.05, 0) is 37.1 Å². The van der Waals surface area contributed by atoms with Crippen LogP contribution < -0.4 is 15.8 Å². The van der Waals surface area contributed by atoms with Crippen LogP contribution in [-0.4, -0.2) is 30.9 Å². The monoisotopic (exact) mass is 332 g/mol. The lowest BCUT2D eigenvalue weighted by Gasteiger charge is -2.26. The standard InChI is InChI=1S/C15H24N2O2S.ClH/c1-4-15(16,5-2)11-17-14(18)10-20-13-8-6-12(19-3)7-9-13;/h6-9H,4-5,10-11,16H2,1-3H3,(H,17,18);1H. The molecule has 0 fully saturated rings. The summed E-state index contributed by atoms with van der Waals surface area (Å²) in [5.74, 6) is 1.23. The average molecular weight is 333 g/mol. The number of amides is 1. The van der Waals surface area contributed by atoms with E-state index in [2.05, 4.69) is 5.32 Å². The molecule has 0 saturated carbocycles. The highest BCUT2D eigenvalue weighted by atomic mass is 35.5. The van der Waals surface area contributed by atoms with Crippen molar-refractivity contribution in [3.63, 3.8) is 0 Å². The zero-order valence-corrected chi connectivity index (χ0v) is 14.5. The minimum absolute atomic E-state index is 0. The Balaban J connectivity index is 0.00000400. The van der Waals surface area contributed by atoms with Gasteiger partial charge in [-0.25, -0.2) is 0 Å². The van der Waals surface area contributed by atoms with Gasteiger partial charge in [-0.1, -0.05) is 13.8 Å². The molecule has 4 nitrogen and oxygen atoms in total. The predicted molar refractivity (Wildman–Crippen MR) is 91.5 cm³/mol. The van der Waals surface area contributed by atoms with Crippen molar-refractivity contribution >= 4 is 30.1 Å². The predicted octanol–water partition coefficient (Wildman–Crippen LogP) is 2.84. The van der Waals surface area contributed by atoms with Crippen LogP contribution in [0.25, 0.3) is 0 Å². The third kappa shape index (κ3) is 7.07. The first kappa shape index (κ1) is 20.1. The van der Waals surface area contributed by atoms with Crippen LogP contribution in [-0.2, 0) is 4.79 Å². The van der Waals surface area contributed by atoms with Crippen LogP contribution >= 0.6 is 24.2 Å². The fourth-order valence-corrected chi connectivity index (χ4v) is 2.37. The Kier molecular flexibility index (Phi) is 9.49. The second kappa shape index (κ2) is 9.92. The van der Waals surface area contributed by atoms with Gasteiger partial charge in [0.1, 0.15) is 5.75 Å². The lowest BCUT2D eigenvalue weighted by atomic mass is 9.94. The first-order valence-electron chi connectivity index (χ1n) is 6.85. The molecule has 1 aromatic carbocycles. The summed E-state index contributed by atoms with van der Waals surface area (Å²) in [5.41, 5.74) is 5.86. The molecule has 0 bridgehead atoms. The van der Waals surface area contributed by atoms with E-state index >= 15 is 0 Å². The van der Waals surface area contributed by atoms with Crippen LogP contribution in [0.15, 0.2) is 29.2 Å². The van der Waals surface area contributed by atoms with Crippen LogP contribution in [0.4, 0.5) is 0 Å². The fourth-order valence-electron chi connectivity index (χ4n) is 1.65. The molecular weight excluding hydrogens is 308 g/mol. The number of nitrogens with two attached hydrogens (primary N) is 1. The van der Waals surface area contributed by atoms with Crippen molar-refractivity contribution < 1.29 is 9.53 Å². The van der Waals surface area contributed by atoms with Gasteiger partial charge in [0.15, 0.2) is 0 Å². The van der Waals surface area contributed by atoms with Gasteiger partial charge in [0, 0.05) is 17.0 Å². The van der Waals surface area contributed by atoms with Gasteiger partial charge in [-0.2, -0.15) is 0 Å². The molecule has 0 radical (unpaired) electrons. The Labute approximate surface area is 137 Å². The summed E-state index contributed by atoms with van der Waals surface area (Å²) in [6.07, 6.45) is 1.71. The number of benzene rings is 1. The normalized spacial score (nSPS) is 10.7. The first-order chi connectivity index (χ1) is 9.53. The van der Waals surface area contributed by atoms with Gasteiger partial charge >= 0.3 is 0 Å². The molecule has 6 heteroatoms. The molecule has 1 rings (SSSR count). The summed E-state index contributed by atoms with van der Waals surface area (Å²) in [7, 11) is 1.64. The minimum atomic E-state index is -0.291. The van der Waals surface area contributed by atoms with E-state index in [1.165, 1.54) is 11.8 Å². The third-order valence-electron chi connectivity index (χ3n) is 3.48. The summed E-state index contributed by atoms with van der Waals surface area (Å²) < 4.78 is 5.09. The van der Waals surface area contributed by atoms with Crippen LogP contribution in [0.2, 0.25) is 0 Å². The molecule has 0 atom stereocenters. The molecule has 0 saturated heterocycles. The largest absolute Gasteiger partial charge is 0.497 e. The molecule has 1 amide bonds. The van der Waals surface area contributed by atoms with Gasteiger partial charge in [0.05, 0.1) is 12.9 Å². The van der Waals surface area contributed by atoms with E-state index in [0.717, 1.165) is 23.5 Å². The highest BCUT2D eigenvalue weighted by molar-refractivity contribution is 8.00. The maximum Gasteiger partial charge on any atom is 0.230 e. The Hall–Kier alpha value is -0.910. The van der Waals surface area contributed by atoms with E-state index < -0.39 is 0 Å². The Morgan fingerprint density at radius 2 is 1.86 bits per heavy atom. The topological polar surface area (TPSA) is 64.3 Å². The number of halogens is 1. The van der Waals surface area contributed by atoms with E-state index in [4.69, 9.17) is 10.5 Å². The molecule has 0 heterocycles. The maximum atomic E-state index is 11.8. The Morgan fingerprint density at radius 1 is 1.29 bits per heavy atom. The van der Waals surface area contributed by atoms with Gasteiger partial charge in [0.25, 0.3) is 0 Å². The molecule has 21 heavy (non-hydrogen) atoms. The quantitative estimate of drug-likeness (QED) is 0.718. The van der Waals surface area contributed by atoms with E-state index in [-0.39, 0.29) is 23.9 Å². The highest BCUT2D eigenvalue weighted by Gasteiger charge is 2.20. The summed E-state index contributed by atoms with van der Waals surface area (Å²) >= 11 is 1.51. The maximum absolute atomic E-state index is 11.8. The summed E-state index contributed by atoms with van der Waals surface area (Å²) in [5, 5.41) is 2.91. The number of ether oxygens (including phenoxy) is 1. The number of methoxy groups -OCH3 is 1. The summed E-state index contributed by atoms with van der Waals surface area (Å²) in [4.78, 5) is 12.9. The zero-order chi connectivity index (χ0) is 15.0. The smallest absolute Gasteiger partial charge is 0.230 e. The number of carbonyl (C=O) groups is 1. The molecule has 3 N–H and O–H groups in total. The molecule has 1 aromatic rings. The Morgan fingerprint density at radius 3 is 2.33 bits per heavy atom. The van der Waals surface area contributed by atoms with E-state index in [9.17, 15) is 4.79 Å². The molecule has 0 unspecified atom stereocenters. The first-order valence-corrected chi connectivity index (χ1v) is 7.84. The number of thioether (sulfide) groups is 1. The fraction of sp³-hybridized carbons (Fsp3) is 0.533. The van der Waals surface area contributed by atoms with Crippen molar-refractivity contribution in [2.45, 2.75) is 37.1 Å². The van der Waals surface area contributed by atoms with Crippen LogP contribution in [0.3, 0.4) is 0 Å². The van der Waals surface area contributed by atoms with Crippen molar-refractivity contribution in [2.24, 2.45) is 5.73 Å². The van der Waals surface area contributed by atoms with Crippen molar-refractivity contribution in [3.8, 4) is 5.75 Å². The SMILES string of the molecule is CCC(N)(CC)CNC(=O)CSc1ccc(OC)cc1.Cl. The summed E-state index contributed by atoms with van der Waals surface area (Å²) in [6.45, 7) is 4.62. The van der Waals surface area contributed by atoms with E-state index in [0.29, 0.717) is 12.3 Å². The number of nitrogens with one attached hydrogen (secondary N) is 1. The number of hydrogen-bond acceptors (Lipinski definition) is 4. The van der Waals surface area contributed by atoms with E-state index in [1.54, 1.807) is 7.11 Å². The number of carbonyl (C=O) groups excluding carboxylic acids is 1. The van der Waals surface area contributed by atoms with Crippen molar-refractivity contribution in [2.75, 3.05) is 19.4 Å². The van der Waals surface area contributed by atoms with E-state index in [1.807, 2.05) is 38.1 Å². The lowest BCUT2D eigenvalue weighted by Crippen LogP contribution is -2.49. The minimum Gasteiger partial charge on any atom is -0.497 e. The molecule has 0 aliphatic rings. The van der Waals surface area contributed by atoms with Crippen molar-refractivity contribution in [1.29, 1.82) is 0 Å². The van der Waals surface area contributed by atoms with Gasteiger partial charge in [0.2, 0.25) is 5.91 Å². The molecule has 0 aliphatic heterocycles. The van der Waals surface area contributed by atoms with Crippen LogP contribution in [0, 0.1) is 0 Å². The van der Waals surface area contributed by atoms with Crippen LogP contribution in [0.5, 0.6) is 5.75 Å². The Bertz CT molecular complexity index is 422. The molecule has 0 spiro atoms. The van der Waals surface area contributed by atoms with Crippen molar-refractivity contribution in [1.82, 2.24) is 5.32 Å². The molecule has 120 valence electrons. The van der Waals surface area contributed by atoms with Gasteiger partial charge < -0.3 is 15.8 Å². The zero-order valence-electron chi connectivity index (χ0n) is 12.8. The number of hydrogen-bond donors (Lipinski definition) is 2. The lowest BCUT2D eigenvalue weighted by molar-refractivity contribution is -0.118.